The molecule has 1 aliphatic carbocycles. The molecule has 3 aromatic rings. The first-order chi connectivity index (χ1) is 13.7. The summed E-state index contributed by atoms with van der Waals surface area (Å²) in [6.07, 6.45) is 0.213. The maximum absolute atomic E-state index is 12.7. The van der Waals surface area contributed by atoms with Gasteiger partial charge >= 0.3 is 5.97 Å². The van der Waals surface area contributed by atoms with Crippen LogP contribution in [0.25, 0.3) is 11.1 Å². The molecule has 0 heterocycles. The van der Waals surface area contributed by atoms with Crippen LogP contribution in [-0.2, 0) is 20.7 Å². The van der Waals surface area contributed by atoms with E-state index in [2.05, 4.69) is 5.32 Å². The maximum atomic E-state index is 12.7. The number of esters is 1. The van der Waals surface area contributed by atoms with Crippen molar-refractivity contribution in [1.82, 2.24) is 5.32 Å². The number of rotatable bonds is 5. The first kappa shape index (κ1) is 18.0. The van der Waals surface area contributed by atoms with Crippen LogP contribution in [0.1, 0.15) is 22.6 Å². The fourth-order valence-electron chi connectivity index (χ4n) is 3.96. The second-order valence-electron chi connectivity index (χ2n) is 6.88. The van der Waals surface area contributed by atoms with Gasteiger partial charge in [0.2, 0.25) is 5.91 Å². The Morgan fingerprint density at radius 2 is 1.39 bits per heavy atom. The SMILES string of the molecule is COC(=O)[C@@H](NC(=O)Cc1ccccc1)C1c2ccccc2-c2ccccc21. The van der Waals surface area contributed by atoms with Crippen molar-refractivity contribution in [2.45, 2.75) is 18.4 Å². The molecule has 28 heavy (non-hydrogen) atoms. The Kier molecular flexibility index (Phi) is 4.94. The molecule has 0 bridgehead atoms. The first-order valence-electron chi connectivity index (χ1n) is 9.28. The van der Waals surface area contributed by atoms with Gasteiger partial charge in [-0.3, -0.25) is 4.79 Å². The molecule has 1 atom stereocenters. The number of fused-ring (bicyclic) bond motifs is 3. The number of hydrogen-bond acceptors (Lipinski definition) is 3. The first-order valence-corrected chi connectivity index (χ1v) is 9.28. The van der Waals surface area contributed by atoms with E-state index in [1.165, 1.54) is 7.11 Å². The zero-order valence-corrected chi connectivity index (χ0v) is 15.6. The fourth-order valence-corrected chi connectivity index (χ4v) is 3.96. The standard InChI is InChI=1S/C24H21NO3/c1-28-24(27)23(25-21(26)15-16-9-3-2-4-10-16)22-19-13-7-5-11-17(19)18-12-6-8-14-20(18)22/h2-14,22-23H,15H2,1H3,(H,25,26)/t23-/m0/s1. The van der Waals surface area contributed by atoms with Crippen molar-refractivity contribution in [3.8, 4) is 11.1 Å². The number of carbonyl (C=O) groups excluding carboxylic acids is 2. The highest BCUT2D eigenvalue weighted by Gasteiger charge is 2.39. The zero-order chi connectivity index (χ0) is 19.5. The average molecular weight is 371 g/mol. The second-order valence-corrected chi connectivity index (χ2v) is 6.88. The maximum Gasteiger partial charge on any atom is 0.329 e. The molecule has 1 aliphatic rings. The van der Waals surface area contributed by atoms with Gasteiger partial charge in [-0.05, 0) is 27.8 Å². The van der Waals surface area contributed by atoms with Gasteiger partial charge in [0.15, 0.2) is 0 Å². The van der Waals surface area contributed by atoms with Crippen LogP contribution in [0.3, 0.4) is 0 Å². The van der Waals surface area contributed by atoms with Gasteiger partial charge in [0.05, 0.1) is 13.5 Å². The van der Waals surface area contributed by atoms with Gasteiger partial charge in [-0.2, -0.15) is 0 Å². The summed E-state index contributed by atoms with van der Waals surface area (Å²) in [5.41, 5.74) is 5.14. The Hall–Kier alpha value is -3.40. The topological polar surface area (TPSA) is 55.4 Å². The van der Waals surface area contributed by atoms with Crippen LogP contribution in [0.4, 0.5) is 0 Å². The average Bonchev–Trinajstić information content (AvgIpc) is 3.06. The van der Waals surface area contributed by atoms with Crippen molar-refractivity contribution in [2.75, 3.05) is 7.11 Å². The molecule has 4 nitrogen and oxygen atoms in total. The number of nitrogens with one attached hydrogen (secondary N) is 1. The zero-order valence-electron chi connectivity index (χ0n) is 15.6. The predicted octanol–water partition coefficient (Wildman–Crippen LogP) is 3.70. The van der Waals surface area contributed by atoms with Crippen molar-refractivity contribution < 1.29 is 14.3 Å². The van der Waals surface area contributed by atoms with Gasteiger partial charge in [0.1, 0.15) is 6.04 Å². The monoisotopic (exact) mass is 371 g/mol. The lowest BCUT2D eigenvalue weighted by Crippen LogP contribution is -2.46. The molecule has 4 rings (SSSR count). The second kappa shape index (κ2) is 7.69. The smallest absolute Gasteiger partial charge is 0.329 e. The van der Waals surface area contributed by atoms with E-state index in [9.17, 15) is 9.59 Å². The van der Waals surface area contributed by atoms with Gasteiger partial charge in [-0.25, -0.2) is 4.79 Å². The van der Waals surface area contributed by atoms with Gasteiger partial charge in [0.25, 0.3) is 0 Å². The Morgan fingerprint density at radius 1 is 0.857 bits per heavy atom. The van der Waals surface area contributed by atoms with E-state index < -0.39 is 12.0 Å². The molecule has 0 unspecified atom stereocenters. The number of benzene rings is 3. The lowest BCUT2D eigenvalue weighted by molar-refractivity contribution is -0.145. The molecule has 0 aromatic heterocycles. The van der Waals surface area contributed by atoms with E-state index in [-0.39, 0.29) is 18.2 Å². The minimum Gasteiger partial charge on any atom is -0.467 e. The van der Waals surface area contributed by atoms with Crippen molar-refractivity contribution in [3.05, 3.63) is 95.6 Å². The van der Waals surface area contributed by atoms with E-state index in [4.69, 9.17) is 4.74 Å². The number of methoxy groups -OCH3 is 1. The Balaban J connectivity index is 1.68. The quantitative estimate of drug-likeness (QED) is 0.696. The highest BCUT2D eigenvalue weighted by molar-refractivity contribution is 5.90. The van der Waals surface area contributed by atoms with Crippen molar-refractivity contribution in [2.24, 2.45) is 0 Å². The minimum atomic E-state index is -0.786. The summed E-state index contributed by atoms with van der Waals surface area (Å²) in [6.45, 7) is 0. The van der Waals surface area contributed by atoms with Crippen LogP contribution in [0.5, 0.6) is 0 Å². The molecule has 0 spiro atoms. The van der Waals surface area contributed by atoms with E-state index in [0.717, 1.165) is 27.8 Å². The van der Waals surface area contributed by atoms with Gasteiger partial charge in [0, 0.05) is 5.92 Å². The molecule has 4 heteroatoms. The highest BCUT2D eigenvalue weighted by atomic mass is 16.5. The van der Waals surface area contributed by atoms with Crippen LogP contribution < -0.4 is 5.32 Å². The summed E-state index contributed by atoms with van der Waals surface area (Å²) in [5, 5.41) is 2.93. The van der Waals surface area contributed by atoms with E-state index in [1.807, 2.05) is 78.9 Å². The largest absolute Gasteiger partial charge is 0.467 e. The van der Waals surface area contributed by atoms with Crippen LogP contribution >= 0.6 is 0 Å². The predicted molar refractivity (Wildman–Crippen MR) is 108 cm³/mol. The third kappa shape index (κ3) is 3.29. The summed E-state index contributed by atoms with van der Waals surface area (Å²) in [7, 11) is 1.35. The van der Waals surface area contributed by atoms with Crippen LogP contribution in [0, 0.1) is 0 Å². The molecule has 1 amide bonds. The summed E-state index contributed by atoms with van der Waals surface area (Å²) >= 11 is 0. The molecule has 140 valence electrons. The summed E-state index contributed by atoms with van der Waals surface area (Å²) in [4.78, 5) is 25.4. The van der Waals surface area contributed by atoms with Crippen molar-refractivity contribution >= 4 is 11.9 Å². The third-order valence-electron chi connectivity index (χ3n) is 5.19. The Bertz CT molecular complexity index is 968. The fraction of sp³-hybridized carbons (Fsp3) is 0.167. The molecule has 0 radical (unpaired) electrons. The minimum absolute atomic E-state index is 0.205. The normalized spacial score (nSPS) is 13.3. The number of ether oxygens (including phenoxy) is 1. The van der Waals surface area contributed by atoms with Crippen LogP contribution in [0.15, 0.2) is 78.9 Å². The van der Waals surface area contributed by atoms with E-state index >= 15 is 0 Å². The van der Waals surface area contributed by atoms with Crippen LogP contribution in [-0.4, -0.2) is 25.0 Å². The Morgan fingerprint density at radius 3 is 1.96 bits per heavy atom. The molecule has 0 saturated carbocycles. The van der Waals surface area contributed by atoms with Gasteiger partial charge < -0.3 is 10.1 Å². The molecular formula is C24H21NO3. The lowest BCUT2D eigenvalue weighted by atomic mass is 9.89. The van der Waals surface area contributed by atoms with Crippen LogP contribution in [0.2, 0.25) is 0 Å². The summed E-state index contributed by atoms with van der Waals surface area (Å²) < 4.78 is 5.05. The van der Waals surface area contributed by atoms with E-state index in [1.54, 1.807) is 0 Å². The molecular weight excluding hydrogens is 350 g/mol. The Labute approximate surface area is 164 Å². The highest BCUT2D eigenvalue weighted by Crippen LogP contribution is 2.46. The molecule has 0 saturated heterocycles. The summed E-state index contributed by atoms with van der Waals surface area (Å²) in [6, 6.07) is 24.7. The molecule has 1 N–H and O–H groups in total. The van der Waals surface area contributed by atoms with Crippen molar-refractivity contribution in [1.29, 1.82) is 0 Å². The molecule has 0 fully saturated rings. The van der Waals surface area contributed by atoms with Crippen molar-refractivity contribution in [3.63, 3.8) is 0 Å². The number of amides is 1. The molecule has 3 aromatic carbocycles. The lowest BCUT2D eigenvalue weighted by Gasteiger charge is -2.24. The summed E-state index contributed by atoms with van der Waals surface area (Å²) in [5.74, 6) is -0.930. The number of carbonyl (C=O) groups is 2. The number of hydrogen-bond donors (Lipinski definition) is 1. The molecule has 0 aliphatic heterocycles. The van der Waals surface area contributed by atoms with E-state index in [0.29, 0.717) is 0 Å². The third-order valence-corrected chi connectivity index (χ3v) is 5.19. The van der Waals surface area contributed by atoms with Gasteiger partial charge in [-0.15, -0.1) is 0 Å². The van der Waals surface area contributed by atoms with Gasteiger partial charge in [-0.1, -0.05) is 78.9 Å².